The van der Waals surface area contributed by atoms with Crippen LogP contribution in [0, 0.1) is 11.8 Å². The highest BCUT2D eigenvalue weighted by Crippen LogP contribution is 2.20. The summed E-state index contributed by atoms with van der Waals surface area (Å²) in [5.74, 6) is 1.78. The zero-order valence-electron chi connectivity index (χ0n) is 12.2. The van der Waals surface area contributed by atoms with Crippen molar-refractivity contribution in [3.8, 4) is 0 Å². The molecule has 0 fully saturated rings. The molecule has 0 saturated carbocycles. The SMILES string of the molecule is CCCNC(CC(C)CC)CC(CC)CC. The minimum absolute atomic E-state index is 0.750. The largest absolute Gasteiger partial charge is 0.314 e. The van der Waals surface area contributed by atoms with Crippen molar-refractivity contribution in [1.29, 1.82) is 0 Å². The van der Waals surface area contributed by atoms with Crippen molar-refractivity contribution >= 4 is 0 Å². The van der Waals surface area contributed by atoms with Crippen LogP contribution in [0.5, 0.6) is 0 Å². The third-order valence-corrected chi connectivity index (χ3v) is 3.84. The maximum atomic E-state index is 3.73. The van der Waals surface area contributed by atoms with E-state index in [0.717, 1.165) is 17.9 Å². The minimum atomic E-state index is 0.750. The third-order valence-electron chi connectivity index (χ3n) is 3.84. The zero-order chi connectivity index (χ0) is 12.4. The van der Waals surface area contributed by atoms with Gasteiger partial charge in [0.1, 0.15) is 0 Å². The normalized spacial score (nSPS) is 15.4. The summed E-state index contributed by atoms with van der Waals surface area (Å²) in [6.45, 7) is 12.8. The predicted octanol–water partition coefficient (Wildman–Crippen LogP) is 4.62. The molecule has 0 aromatic carbocycles. The van der Waals surface area contributed by atoms with Crippen molar-refractivity contribution in [3.63, 3.8) is 0 Å². The number of nitrogens with one attached hydrogen (secondary N) is 1. The lowest BCUT2D eigenvalue weighted by molar-refractivity contribution is 0.316. The fourth-order valence-electron chi connectivity index (χ4n) is 2.29. The average molecular weight is 227 g/mol. The van der Waals surface area contributed by atoms with Crippen molar-refractivity contribution in [3.05, 3.63) is 0 Å². The van der Waals surface area contributed by atoms with E-state index < -0.39 is 0 Å². The molecule has 0 saturated heterocycles. The Morgan fingerprint density at radius 2 is 1.50 bits per heavy atom. The van der Waals surface area contributed by atoms with Gasteiger partial charge >= 0.3 is 0 Å². The van der Waals surface area contributed by atoms with Crippen molar-refractivity contribution in [1.82, 2.24) is 5.32 Å². The van der Waals surface area contributed by atoms with Gasteiger partial charge in [0.2, 0.25) is 0 Å². The van der Waals surface area contributed by atoms with E-state index in [1.165, 1.54) is 45.1 Å². The Kier molecular flexibility index (Phi) is 10.1. The van der Waals surface area contributed by atoms with Gasteiger partial charge in [-0.3, -0.25) is 0 Å². The molecule has 0 aromatic heterocycles. The number of rotatable bonds is 10. The lowest BCUT2D eigenvalue weighted by atomic mass is 9.89. The first kappa shape index (κ1) is 16.0. The van der Waals surface area contributed by atoms with Gasteiger partial charge < -0.3 is 5.32 Å². The molecule has 0 rings (SSSR count). The van der Waals surface area contributed by atoms with Gasteiger partial charge in [0, 0.05) is 6.04 Å². The van der Waals surface area contributed by atoms with Gasteiger partial charge in [0.05, 0.1) is 0 Å². The molecule has 0 aliphatic heterocycles. The Bertz CT molecular complexity index is 140. The lowest BCUT2D eigenvalue weighted by Gasteiger charge is -2.25. The van der Waals surface area contributed by atoms with E-state index in [0.29, 0.717) is 0 Å². The van der Waals surface area contributed by atoms with E-state index >= 15 is 0 Å². The van der Waals surface area contributed by atoms with Gasteiger partial charge in [-0.2, -0.15) is 0 Å². The summed E-state index contributed by atoms with van der Waals surface area (Å²) < 4.78 is 0. The van der Waals surface area contributed by atoms with Crippen LogP contribution in [0.1, 0.15) is 73.1 Å². The Morgan fingerprint density at radius 3 is 1.94 bits per heavy atom. The van der Waals surface area contributed by atoms with Crippen molar-refractivity contribution in [2.24, 2.45) is 11.8 Å². The van der Waals surface area contributed by atoms with Crippen molar-refractivity contribution in [2.45, 2.75) is 79.2 Å². The molecule has 0 bridgehead atoms. The maximum absolute atomic E-state index is 3.73. The van der Waals surface area contributed by atoms with E-state index in [-0.39, 0.29) is 0 Å². The summed E-state index contributed by atoms with van der Waals surface area (Å²) in [4.78, 5) is 0. The third kappa shape index (κ3) is 7.27. The topological polar surface area (TPSA) is 12.0 Å². The first-order chi connectivity index (χ1) is 7.67. The van der Waals surface area contributed by atoms with Gasteiger partial charge in [0.15, 0.2) is 0 Å². The summed E-state index contributed by atoms with van der Waals surface area (Å²) in [6, 6.07) is 0.750. The highest BCUT2D eigenvalue weighted by molar-refractivity contribution is 4.73. The van der Waals surface area contributed by atoms with Gasteiger partial charge in [-0.1, -0.05) is 53.9 Å². The van der Waals surface area contributed by atoms with E-state index in [1.54, 1.807) is 0 Å². The molecule has 1 heteroatoms. The molecule has 0 aromatic rings. The monoisotopic (exact) mass is 227 g/mol. The molecule has 2 atom stereocenters. The van der Waals surface area contributed by atoms with Gasteiger partial charge in [-0.15, -0.1) is 0 Å². The maximum Gasteiger partial charge on any atom is 0.00722 e. The fraction of sp³-hybridized carbons (Fsp3) is 1.00. The van der Waals surface area contributed by atoms with Crippen LogP contribution in [0.15, 0.2) is 0 Å². The molecule has 0 amide bonds. The molecule has 0 radical (unpaired) electrons. The quantitative estimate of drug-likeness (QED) is 0.574. The summed E-state index contributed by atoms with van der Waals surface area (Å²) in [5.41, 5.74) is 0. The van der Waals surface area contributed by atoms with Gasteiger partial charge in [0.25, 0.3) is 0 Å². The van der Waals surface area contributed by atoms with E-state index in [2.05, 4.69) is 39.9 Å². The summed E-state index contributed by atoms with van der Waals surface area (Å²) in [5, 5.41) is 3.73. The first-order valence-electron chi connectivity index (χ1n) is 7.41. The highest BCUT2D eigenvalue weighted by Gasteiger charge is 2.15. The van der Waals surface area contributed by atoms with Crippen LogP contribution in [0.4, 0.5) is 0 Å². The molecule has 1 N–H and O–H groups in total. The van der Waals surface area contributed by atoms with E-state index in [4.69, 9.17) is 0 Å². The molecule has 0 aliphatic rings. The van der Waals surface area contributed by atoms with Crippen LogP contribution in [0.3, 0.4) is 0 Å². The Hall–Kier alpha value is -0.0400. The molecule has 0 spiro atoms. The Balaban J connectivity index is 4.07. The lowest BCUT2D eigenvalue weighted by Crippen LogP contribution is -2.33. The van der Waals surface area contributed by atoms with Crippen molar-refractivity contribution < 1.29 is 0 Å². The second-order valence-electron chi connectivity index (χ2n) is 5.32. The second kappa shape index (κ2) is 10.1. The Morgan fingerprint density at radius 1 is 0.875 bits per heavy atom. The van der Waals surface area contributed by atoms with E-state index in [9.17, 15) is 0 Å². The predicted molar refractivity (Wildman–Crippen MR) is 74.8 cm³/mol. The number of hydrogen-bond acceptors (Lipinski definition) is 1. The van der Waals surface area contributed by atoms with Gasteiger partial charge in [-0.25, -0.2) is 0 Å². The smallest absolute Gasteiger partial charge is 0.00722 e. The fourth-order valence-corrected chi connectivity index (χ4v) is 2.29. The minimum Gasteiger partial charge on any atom is -0.314 e. The summed E-state index contributed by atoms with van der Waals surface area (Å²) in [6.07, 6.45) is 7.96. The second-order valence-corrected chi connectivity index (χ2v) is 5.32. The molecule has 0 aliphatic carbocycles. The molecule has 98 valence electrons. The summed E-state index contributed by atoms with van der Waals surface area (Å²) >= 11 is 0. The molecule has 1 nitrogen and oxygen atoms in total. The molecular formula is C15H33N. The molecule has 0 heterocycles. The van der Waals surface area contributed by atoms with Crippen LogP contribution >= 0.6 is 0 Å². The van der Waals surface area contributed by atoms with Crippen molar-refractivity contribution in [2.75, 3.05) is 6.54 Å². The van der Waals surface area contributed by atoms with E-state index in [1.807, 2.05) is 0 Å². The Labute approximate surface area is 103 Å². The molecular weight excluding hydrogens is 194 g/mol. The van der Waals surface area contributed by atoms with Gasteiger partial charge in [-0.05, 0) is 37.6 Å². The van der Waals surface area contributed by atoms with Crippen LogP contribution in [-0.4, -0.2) is 12.6 Å². The van der Waals surface area contributed by atoms with Crippen LogP contribution in [0.2, 0.25) is 0 Å². The van der Waals surface area contributed by atoms with Crippen LogP contribution < -0.4 is 5.32 Å². The van der Waals surface area contributed by atoms with Crippen LogP contribution in [0.25, 0.3) is 0 Å². The number of hydrogen-bond donors (Lipinski definition) is 1. The molecule has 16 heavy (non-hydrogen) atoms. The molecule has 2 unspecified atom stereocenters. The average Bonchev–Trinajstić information content (AvgIpc) is 2.32. The summed E-state index contributed by atoms with van der Waals surface area (Å²) in [7, 11) is 0. The van der Waals surface area contributed by atoms with Crippen LogP contribution in [-0.2, 0) is 0 Å². The first-order valence-corrected chi connectivity index (χ1v) is 7.41. The standard InChI is InChI=1S/C15H33N/c1-6-10-16-15(11-13(5)7-2)12-14(8-3)9-4/h13-16H,6-12H2,1-5H3. The highest BCUT2D eigenvalue weighted by atomic mass is 14.9. The zero-order valence-corrected chi connectivity index (χ0v) is 12.2.